The molecule has 1 amide bonds. The molecule has 0 atom stereocenters. The number of hydrogen-bond donors (Lipinski definition) is 1. The van der Waals surface area contributed by atoms with Gasteiger partial charge in [0.1, 0.15) is 11.2 Å². The molecule has 0 fully saturated rings. The Kier molecular flexibility index (Phi) is 3.89. The largest absolute Gasteiger partial charge is 0.366 e. The highest BCUT2D eigenvalue weighted by Crippen LogP contribution is 2.23. The van der Waals surface area contributed by atoms with E-state index < -0.39 is 5.91 Å². The van der Waals surface area contributed by atoms with Crippen LogP contribution >= 0.6 is 0 Å². The Balaban J connectivity index is 2.25. The third-order valence-corrected chi connectivity index (χ3v) is 3.60. The van der Waals surface area contributed by atoms with Gasteiger partial charge in [-0.15, -0.1) is 0 Å². The first-order valence-electron chi connectivity index (χ1n) is 7.38. The quantitative estimate of drug-likeness (QED) is 0.797. The maximum atomic E-state index is 12.4. The van der Waals surface area contributed by atoms with E-state index in [1.54, 1.807) is 42.6 Å². The SMILES string of the molecule is CCCn1nc(-c2ccc(C(N)=O)cc2)c2ncccc2c1=O. The van der Waals surface area contributed by atoms with Crippen LogP contribution in [0.1, 0.15) is 23.7 Å². The molecule has 0 spiro atoms. The second kappa shape index (κ2) is 6.00. The smallest absolute Gasteiger partial charge is 0.276 e. The Morgan fingerprint density at radius 1 is 1.22 bits per heavy atom. The van der Waals surface area contributed by atoms with Crippen molar-refractivity contribution in [2.45, 2.75) is 19.9 Å². The van der Waals surface area contributed by atoms with Gasteiger partial charge in [0.25, 0.3) is 5.56 Å². The lowest BCUT2D eigenvalue weighted by molar-refractivity contribution is 0.100. The zero-order valence-electron chi connectivity index (χ0n) is 12.7. The average molecular weight is 308 g/mol. The van der Waals surface area contributed by atoms with Gasteiger partial charge in [-0.25, -0.2) is 4.68 Å². The van der Waals surface area contributed by atoms with E-state index in [2.05, 4.69) is 10.1 Å². The molecule has 2 heterocycles. The second-order valence-corrected chi connectivity index (χ2v) is 5.22. The van der Waals surface area contributed by atoms with Gasteiger partial charge in [-0.3, -0.25) is 14.6 Å². The van der Waals surface area contributed by atoms with Gasteiger partial charge in [0, 0.05) is 23.9 Å². The van der Waals surface area contributed by atoms with Crippen LogP contribution in [0.2, 0.25) is 0 Å². The lowest BCUT2D eigenvalue weighted by Gasteiger charge is -2.10. The molecular formula is C17H16N4O2. The molecule has 0 aliphatic carbocycles. The maximum absolute atomic E-state index is 12.4. The first-order valence-corrected chi connectivity index (χ1v) is 7.38. The first kappa shape index (κ1) is 14.9. The highest BCUT2D eigenvalue weighted by Gasteiger charge is 2.13. The number of carbonyl (C=O) groups excluding carboxylic acids is 1. The van der Waals surface area contributed by atoms with Crippen LogP contribution in [-0.4, -0.2) is 20.7 Å². The zero-order valence-corrected chi connectivity index (χ0v) is 12.7. The molecule has 6 nitrogen and oxygen atoms in total. The first-order chi connectivity index (χ1) is 11.1. The van der Waals surface area contributed by atoms with Gasteiger partial charge in [0.2, 0.25) is 5.91 Å². The summed E-state index contributed by atoms with van der Waals surface area (Å²) in [6, 6.07) is 10.3. The van der Waals surface area contributed by atoms with Crippen molar-refractivity contribution in [2.75, 3.05) is 0 Å². The molecule has 2 aromatic heterocycles. The zero-order chi connectivity index (χ0) is 16.4. The van der Waals surface area contributed by atoms with Crippen LogP contribution < -0.4 is 11.3 Å². The fourth-order valence-corrected chi connectivity index (χ4v) is 2.47. The molecule has 3 rings (SSSR count). The molecular weight excluding hydrogens is 292 g/mol. The molecule has 0 bridgehead atoms. The molecule has 0 aliphatic heterocycles. The Morgan fingerprint density at radius 3 is 2.61 bits per heavy atom. The van der Waals surface area contributed by atoms with Crippen molar-refractivity contribution in [2.24, 2.45) is 5.73 Å². The molecule has 1 aromatic carbocycles. The topological polar surface area (TPSA) is 90.9 Å². The average Bonchev–Trinajstić information content (AvgIpc) is 2.58. The normalized spacial score (nSPS) is 10.8. The standard InChI is InChI=1S/C17H16N4O2/c1-2-10-21-17(23)13-4-3-9-19-15(13)14(20-21)11-5-7-12(8-6-11)16(18)22/h3-9H,2,10H2,1H3,(H2,18,22). The number of nitrogens with two attached hydrogens (primary N) is 1. The lowest BCUT2D eigenvalue weighted by atomic mass is 10.1. The van der Waals surface area contributed by atoms with Crippen molar-refractivity contribution >= 4 is 16.8 Å². The summed E-state index contributed by atoms with van der Waals surface area (Å²) in [4.78, 5) is 27.9. The molecule has 0 radical (unpaired) electrons. The summed E-state index contributed by atoms with van der Waals surface area (Å²) in [7, 11) is 0. The van der Waals surface area contributed by atoms with Gasteiger partial charge >= 0.3 is 0 Å². The van der Waals surface area contributed by atoms with Crippen LogP contribution in [0.5, 0.6) is 0 Å². The number of amides is 1. The minimum absolute atomic E-state index is 0.146. The van der Waals surface area contributed by atoms with E-state index in [9.17, 15) is 9.59 Å². The number of hydrogen-bond acceptors (Lipinski definition) is 4. The summed E-state index contributed by atoms with van der Waals surface area (Å²) in [6.45, 7) is 2.53. The number of fused-ring (bicyclic) bond motifs is 1. The van der Waals surface area contributed by atoms with E-state index in [4.69, 9.17) is 5.73 Å². The van der Waals surface area contributed by atoms with Crippen molar-refractivity contribution in [1.29, 1.82) is 0 Å². The third kappa shape index (κ3) is 2.70. The maximum Gasteiger partial charge on any atom is 0.276 e. The summed E-state index contributed by atoms with van der Waals surface area (Å²) in [5.74, 6) is -0.483. The van der Waals surface area contributed by atoms with Crippen LogP contribution in [0.3, 0.4) is 0 Å². The number of pyridine rings is 1. The number of aryl methyl sites for hydroxylation is 1. The number of aromatic nitrogens is 3. The fraction of sp³-hybridized carbons (Fsp3) is 0.176. The van der Waals surface area contributed by atoms with Crippen LogP contribution in [0.15, 0.2) is 47.4 Å². The summed E-state index contributed by atoms with van der Waals surface area (Å²) in [6.07, 6.45) is 2.44. The number of nitrogens with zero attached hydrogens (tertiary/aromatic N) is 3. The monoisotopic (exact) mass is 308 g/mol. The van der Waals surface area contributed by atoms with E-state index >= 15 is 0 Å². The molecule has 3 aromatic rings. The van der Waals surface area contributed by atoms with Crippen molar-refractivity contribution in [3.8, 4) is 11.3 Å². The van der Waals surface area contributed by atoms with E-state index in [0.29, 0.717) is 28.7 Å². The second-order valence-electron chi connectivity index (χ2n) is 5.22. The molecule has 0 aliphatic rings. The predicted octanol–water partition coefficient (Wildman–Crippen LogP) is 1.97. The molecule has 0 saturated heterocycles. The summed E-state index contributed by atoms with van der Waals surface area (Å²) in [5.41, 5.74) is 7.49. The van der Waals surface area contributed by atoms with E-state index in [-0.39, 0.29) is 5.56 Å². The molecule has 116 valence electrons. The molecule has 2 N–H and O–H groups in total. The van der Waals surface area contributed by atoms with Crippen LogP contribution in [-0.2, 0) is 6.54 Å². The minimum atomic E-state index is -0.483. The highest BCUT2D eigenvalue weighted by atomic mass is 16.1. The number of benzene rings is 1. The molecule has 23 heavy (non-hydrogen) atoms. The summed E-state index contributed by atoms with van der Waals surface area (Å²) in [5, 5.41) is 4.99. The van der Waals surface area contributed by atoms with Crippen molar-refractivity contribution in [3.05, 3.63) is 58.5 Å². The van der Waals surface area contributed by atoms with E-state index in [0.717, 1.165) is 12.0 Å². The molecule has 0 unspecified atom stereocenters. The van der Waals surface area contributed by atoms with Gasteiger partial charge in [0.05, 0.1) is 5.39 Å². The van der Waals surface area contributed by atoms with E-state index in [1.165, 1.54) is 4.68 Å². The van der Waals surface area contributed by atoms with Gasteiger partial charge in [-0.2, -0.15) is 5.10 Å². The minimum Gasteiger partial charge on any atom is -0.366 e. The third-order valence-electron chi connectivity index (χ3n) is 3.60. The Labute approximate surface area is 132 Å². The lowest BCUT2D eigenvalue weighted by Crippen LogP contribution is -2.24. The summed E-state index contributed by atoms with van der Waals surface area (Å²) < 4.78 is 1.46. The van der Waals surface area contributed by atoms with Gasteiger partial charge in [0.15, 0.2) is 0 Å². The predicted molar refractivity (Wildman–Crippen MR) is 88.0 cm³/mol. The number of rotatable bonds is 4. The van der Waals surface area contributed by atoms with Gasteiger partial charge in [-0.05, 0) is 30.7 Å². The highest BCUT2D eigenvalue weighted by molar-refractivity contribution is 5.94. The van der Waals surface area contributed by atoms with E-state index in [1.807, 2.05) is 6.92 Å². The summed E-state index contributed by atoms with van der Waals surface area (Å²) >= 11 is 0. The van der Waals surface area contributed by atoms with Crippen molar-refractivity contribution < 1.29 is 4.79 Å². The van der Waals surface area contributed by atoms with Crippen molar-refractivity contribution in [1.82, 2.24) is 14.8 Å². The number of primary amides is 1. The van der Waals surface area contributed by atoms with Crippen LogP contribution in [0.25, 0.3) is 22.2 Å². The van der Waals surface area contributed by atoms with Crippen molar-refractivity contribution in [3.63, 3.8) is 0 Å². The van der Waals surface area contributed by atoms with Gasteiger partial charge in [-0.1, -0.05) is 19.1 Å². The fourth-order valence-electron chi connectivity index (χ4n) is 2.47. The molecule has 6 heteroatoms. The molecule has 0 saturated carbocycles. The van der Waals surface area contributed by atoms with Crippen LogP contribution in [0, 0.1) is 0 Å². The van der Waals surface area contributed by atoms with Crippen LogP contribution in [0.4, 0.5) is 0 Å². The Bertz CT molecular complexity index is 929. The Morgan fingerprint density at radius 2 is 1.96 bits per heavy atom. The van der Waals surface area contributed by atoms with Gasteiger partial charge < -0.3 is 5.73 Å². The number of carbonyl (C=O) groups is 1. The Hall–Kier alpha value is -3.02.